The molecule has 0 saturated heterocycles. The number of hydrogen-bond donors (Lipinski definition) is 2. The van der Waals surface area contributed by atoms with Gasteiger partial charge in [0.25, 0.3) is 0 Å². The molecule has 1 unspecified atom stereocenters. The lowest BCUT2D eigenvalue weighted by Crippen LogP contribution is -2.09. The summed E-state index contributed by atoms with van der Waals surface area (Å²) in [6.07, 6.45) is 4.20. The molecule has 0 aliphatic heterocycles. The molecule has 0 saturated carbocycles. The predicted molar refractivity (Wildman–Crippen MR) is 39.8 cm³/mol. The van der Waals surface area contributed by atoms with Crippen LogP contribution in [0.15, 0.2) is 12.2 Å². The lowest BCUT2D eigenvalue weighted by atomic mass is 10.3. The van der Waals surface area contributed by atoms with Gasteiger partial charge in [0, 0.05) is 0 Å². The van der Waals surface area contributed by atoms with Crippen molar-refractivity contribution in [2.75, 3.05) is 0 Å². The first-order valence-corrected chi connectivity index (χ1v) is 3.27. The van der Waals surface area contributed by atoms with Crippen molar-refractivity contribution in [3.8, 4) is 0 Å². The van der Waals surface area contributed by atoms with Crippen molar-refractivity contribution in [1.82, 2.24) is 0 Å². The van der Waals surface area contributed by atoms with E-state index in [0.29, 0.717) is 0 Å². The monoisotopic (exact) mass is 146 g/mol. The van der Waals surface area contributed by atoms with E-state index in [1.54, 1.807) is 12.2 Å². The molecule has 0 aromatic heterocycles. The van der Waals surface area contributed by atoms with Crippen molar-refractivity contribution in [3.63, 3.8) is 0 Å². The van der Waals surface area contributed by atoms with Crippen molar-refractivity contribution < 1.29 is 9.90 Å². The van der Waals surface area contributed by atoms with Gasteiger partial charge in [-0.15, -0.1) is 0 Å². The largest absolute Gasteiger partial charge is 0.480 e. The molecule has 0 aliphatic rings. The standard InChI is InChI=1S/C6H10O2S/c1-2-3-4-5(9)6(7)8/h3-5,9H,2H2,1H3,(H,7,8). The van der Waals surface area contributed by atoms with Crippen LogP contribution in [0.2, 0.25) is 0 Å². The van der Waals surface area contributed by atoms with E-state index >= 15 is 0 Å². The Balaban J connectivity index is 3.62. The zero-order valence-corrected chi connectivity index (χ0v) is 6.14. The third-order valence-corrected chi connectivity index (χ3v) is 1.20. The quantitative estimate of drug-likeness (QED) is 0.465. The third-order valence-electron chi connectivity index (χ3n) is 0.807. The highest BCUT2D eigenvalue weighted by atomic mass is 32.1. The van der Waals surface area contributed by atoms with Crippen molar-refractivity contribution in [2.45, 2.75) is 18.6 Å². The van der Waals surface area contributed by atoms with Crippen molar-refractivity contribution in [3.05, 3.63) is 12.2 Å². The Morgan fingerprint density at radius 3 is 2.78 bits per heavy atom. The lowest BCUT2D eigenvalue weighted by molar-refractivity contribution is -0.135. The van der Waals surface area contributed by atoms with E-state index in [0.717, 1.165) is 6.42 Å². The van der Waals surface area contributed by atoms with E-state index in [1.165, 1.54) is 0 Å². The van der Waals surface area contributed by atoms with Crippen molar-refractivity contribution >= 4 is 18.6 Å². The normalized spacial score (nSPS) is 14.0. The molecule has 0 fully saturated rings. The average Bonchev–Trinajstić information content (AvgIpc) is 1.82. The Morgan fingerprint density at radius 2 is 2.44 bits per heavy atom. The van der Waals surface area contributed by atoms with Crippen LogP contribution in [0.1, 0.15) is 13.3 Å². The molecule has 0 aliphatic carbocycles. The van der Waals surface area contributed by atoms with E-state index < -0.39 is 11.2 Å². The fourth-order valence-corrected chi connectivity index (χ4v) is 0.469. The van der Waals surface area contributed by atoms with Gasteiger partial charge in [-0.2, -0.15) is 12.6 Å². The Hall–Kier alpha value is -0.440. The molecule has 1 N–H and O–H groups in total. The van der Waals surface area contributed by atoms with Gasteiger partial charge in [-0.1, -0.05) is 19.1 Å². The molecular weight excluding hydrogens is 136 g/mol. The van der Waals surface area contributed by atoms with Crippen LogP contribution in [0.4, 0.5) is 0 Å². The first-order valence-electron chi connectivity index (χ1n) is 2.76. The van der Waals surface area contributed by atoms with Crippen LogP contribution in [-0.4, -0.2) is 16.3 Å². The number of rotatable bonds is 3. The highest BCUT2D eigenvalue weighted by molar-refractivity contribution is 7.82. The fourth-order valence-electron chi connectivity index (χ4n) is 0.347. The highest BCUT2D eigenvalue weighted by Crippen LogP contribution is 1.96. The van der Waals surface area contributed by atoms with Gasteiger partial charge in [-0.05, 0) is 6.42 Å². The summed E-state index contributed by atoms with van der Waals surface area (Å²) in [6.45, 7) is 1.94. The minimum Gasteiger partial charge on any atom is -0.480 e. The van der Waals surface area contributed by atoms with E-state index in [-0.39, 0.29) is 0 Å². The van der Waals surface area contributed by atoms with Crippen LogP contribution in [-0.2, 0) is 4.79 Å². The first-order chi connectivity index (χ1) is 4.18. The molecule has 9 heavy (non-hydrogen) atoms. The molecule has 0 bridgehead atoms. The number of hydrogen-bond acceptors (Lipinski definition) is 2. The zero-order chi connectivity index (χ0) is 7.28. The number of carboxylic acids is 1. The Labute approximate surface area is 60.0 Å². The number of aliphatic carboxylic acids is 1. The van der Waals surface area contributed by atoms with Crippen molar-refractivity contribution in [1.29, 1.82) is 0 Å². The average molecular weight is 146 g/mol. The van der Waals surface area contributed by atoms with Gasteiger partial charge >= 0.3 is 5.97 Å². The molecule has 0 radical (unpaired) electrons. The van der Waals surface area contributed by atoms with Gasteiger partial charge in [-0.25, -0.2) is 0 Å². The minimum atomic E-state index is -0.900. The van der Waals surface area contributed by atoms with E-state index in [1.807, 2.05) is 6.92 Å². The molecular formula is C6H10O2S. The molecule has 0 rings (SSSR count). The zero-order valence-electron chi connectivity index (χ0n) is 5.24. The molecule has 0 spiro atoms. The Morgan fingerprint density at radius 1 is 1.89 bits per heavy atom. The third kappa shape index (κ3) is 4.09. The highest BCUT2D eigenvalue weighted by Gasteiger charge is 2.04. The number of carboxylic acid groups (broad SMARTS) is 1. The maximum atomic E-state index is 10.1. The van der Waals surface area contributed by atoms with Gasteiger partial charge in [0.05, 0.1) is 0 Å². The summed E-state index contributed by atoms with van der Waals surface area (Å²) in [5.41, 5.74) is 0. The second kappa shape index (κ2) is 4.44. The molecule has 0 aromatic carbocycles. The maximum absolute atomic E-state index is 10.1. The van der Waals surface area contributed by atoms with Crippen LogP contribution >= 0.6 is 12.6 Å². The number of thiol groups is 1. The predicted octanol–water partition coefficient (Wildman–Crippen LogP) is 1.34. The van der Waals surface area contributed by atoms with Gasteiger partial charge in [0.2, 0.25) is 0 Å². The second-order valence-electron chi connectivity index (χ2n) is 1.62. The smallest absolute Gasteiger partial charge is 0.320 e. The van der Waals surface area contributed by atoms with E-state index in [2.05, 4.69) is 12.6 Å². The number of carbonyl (C=O) groups is 1. The Kier molecular flexibility index (Phi) is 4.22. The minimum absolute atomic E-state index is 0.648. The Bertz CT molecular complexity index is 120. The summed E-state index contributed by atoms with van der Waals surface area (Å²) in [6, 6.07) is 0. The van der Waals surface area contributed by atoms with E-state index in [9.17, 15) is 4.79 Å². The van der Waals surface area contributed by atoms with Crippen LogP contribution in [0.5, 0.6) is 0 Å². The van der Waals surface area contributed by atoms with Gasteiger partial charge in [0.1, 0.15) is 5.25 Å². The van der Waals surface area contributed by atoms with Crippen molar-refractivity contribution in [2.24, 2.45) is 0 Å². The molecule has 0 heterocycles. The molecule has 2 nitrogen and oxygen atoms in total. The fraction of sp³-hybridized carbons (Fsp3) is 0.500. The van der Waals surface area contributed by atoms with Gasteiger partial charge in [-0.3, -0.25) is 4.79 Å². The van der Waals surface area contributed by atoms with Crippen LogP contribution in [0, 0.1) is 0 Å². The van der Waals surface area contributed by atoms with Crippen LogP contribution in [0.3, 0.4) is 0 Å². The summed E-state index contributed by atoms with van der Waals surface area (Å²) in [5.74, 6) is -0.900. The summed E-state index contributed by atoms with van der Waals surface area (Å²) >= 11 is 3.77. The number of allylic oxidation sites excluding steroid dienone is 1. The molecule has 0 aromatic rings. The summed E-state index contributed by atoms with van der Waals surface area (Å²) in [4.78, 5) is 10.1. The first kappa shape index (κ1) is 8.56. The summed E-state index contributed by atoms with van der Waals surface area (Å²) in [5, 5.41) is 7.63. The molecule has 1 atom stereocenters. The lowest BCUT2D eigenvalue weighted by Gasteiger charge is -1.93. The topological polar surface area (TPSA) is 37.3 Å². The van der Waals surface area contributed by atoms with E-state index in [4.69, 9.17) is 5.11 Å². The molecule has 3 heteroatoms. The second-order valence-corrected chi connectivity index (χ2v) is 2.18. The summed E-state index contributed by atoms with van der Waals surface area (Å²) < 4.78 is 0. The van der Waals surface area contributed by atoms with Crippen LogP contribution in [0.25, 0.3) is 0 Å². The van der Waals surface area contributed by atoms with Crippen LogP contribution < -0.4 is 0 Å². The molecule has 0 amide bonds. The SMILES string of the molecule is CCC=CC(S)C(=O)O. The van der Waals surface area contributed by atoms with Gasteiger partial charge < -0.3 is 5.11 Å². The molecule has 52 valence electrons. The maximum Gasteiger partial charge on any atom is 0.320 e. The summed E-state index contributed by atoms with van der Waals surface area (Å²) in [7, 11) is 0. The van der Waals surface area contributed by atoms with Gasteiger partial charge in [0.15, 0.2) is 0 Å².